The topological polar surface area (TPSA) is 78.9 Å². The Bertz CT molecular complexity index is 460. The molecule has 0 spiro atoms. The normalized spacial score (nSPS) is 11.4. The van der Waals surface area contributed by atoms with Crippen LogP contribution in [0.1, 0.15) is 15.9 Å². The fourth-order valence-corrected chi connectivity index (χ4v) is 1.36. The molecule has 1 amide bonds. The van der Waals surface area contributed by atoms with Crippen LogP contribution in [-0.4, -0.2) is 35.4 Å². The molecular formula is C11H14FN3O2. The molecule has 0 saturated heterocycles. The van der Waals surface area contributed by atoms with Crippen molar-refractivity contribution in [3.8, 4) is 0 Å². The zero-order chi connectivity index (χ0) is 13.0. The van der Waals surface area contributed by atoms with Gasteiger partial charge in [0.2, 0.25) is 0 Å². The summed E-state index contributed by atoms with van der Waals surface area (Å²) in [4.78, 5) is 13.0. The summed E-state index contributed by atoms with van der Waals surface area (Å²) in [5.74, 6) is -1.22. The molecule has 0 radical (unpaired) electrons. The molecule has 3 N–H and O–H groups in total. The van der Waals surface area contributed by atoms with Crippen LogP contribution in [-0.2, 0) is 0 Å². The van der Waals surface area contributed by atoms with Gasteiger partial charge in [0.05, 0.1) is 12.1 Å². The number of hydrogen-bond acceptors (Lipinski definition) is 3. The molecule has 6 heteroatoms. The van der Waals surface area contributed by atoms with Crippen LogP contribution < -0.4 is 5.73 Å². The number of aryl methyl sites for hydroxylation is 1. The van der Waals surface area contributed by atoms with Crippen LogP contribution in [0.5, 0.6) is 0 Å². The minimum absolute atomic E-state index is 0.0294. The van der Waals surface area contributed by atoms with Gasteiger partial charge in [-0.05, 0) is 19.1 Å². The van der Waals surface area contributed by atoms with Crippen molar-refractivity contribution in [3.63, 3.8) is 0 Å². The molecule has 1 aromatic carbocycles. The summed E-state index contributed by atoms with van der Waals surface area (Å²) in [7, 11) is 1.45. The monoisotopic (exact) mass is 239 g/mol. The number of carbonyl (C=O) groups excluding carboxylic acids is 1. The number of oxime groups is 1. The van der Waals surface area contributed by atoms with Gasteiger partial charge in [-0.2, -0.15) is 0 Å². The lowest BCUT2D eigenvalue weighted by Gasteiger charge is -2.16. The molecule has 0 aromatic heterocycles. The van der Waals surface area contributed by atoms with Crippen LogP contribution in [0.2, 0.25) is 0 Å². The maximum Gasteiger partial charge on any atom is 0.256 e. The molecule has 0 heterocycles. The molecule has 0 aliphatic heterocycles. The van der Waals surface area contributed by atoms with E-state index in [-0.39, 0.29) is 17.9 Å². The first-order chi connectivity index (χ1) is 7.95. The quantitative estimate of drug-likeness (QED) is 0.357. The molecular weight excluding hydrogens is 225 g/mol. The fourth-order valence-electron chi connectivity index (χ4n) is 1.36. The molecule has 1 aromatic rings. The van der Waals surface area contributed by atoms with E-state index in [2.05, 4.69) is 5.16 Å². The highest BCUT2D eigenvalue weighted by atomic mass is 19.1. The number of benzene rings is 1. The van der Waals surface area contributed by atoms with Gasteiger partial charge in [-0.25, -0.2) is 4.39 Å². The van der Waals surface area contributed by atoms with E-state index in [1.165, 1.54) is 24.1 Å². The van der Waals surface area contributed by atoms with Crippen LogP contribution in [0, 0.1) is 12.7 Å². The van der Waals surface area contributed by atoms with Crippen LogP contribution in [0.15, 0.2) is 23.4 Å². The molecule has 1 rings (SSSR count). The van der Waals surface area contributed by atoms with Crippen molar-refractivity contribution in [3.05, 3.63) is 35.1 Å². The highest BCUT2D eigenvalue weighted by Gasteiger charge is 2.17. The smallest absolute Gasteiger partial charge is 0.256 e. The van der Waals surface area contributed by atoms with E-state index in [9.17, 15) is 9.18 Å². The lowest BCUT2D eigenvalue weighted by atomic mass is 10.1. The van der Waals surface area contributed by atoms with E-state index in [1.54, 1.807) is 13.0 Å². The van der Waals surface area contributed by atoms with Crippen molar-refractivity contribution < 1.29 is 14.4 Å². The first kappa shape index (κ1) is 13.0. The lowest BCUT2D eigenvalue weighted by Crippen LogP contribution is -2.36. The molecule has 0 atom stereocenters. The number of amidine groups is 1. The standard InChI is InChI=1S/C11H14FN3O2/c1-7-3-4-9(12)8(5-7)11(16)15(2)6-10(13)14-17/h3-5,17H,6H2,1-2H3,(H2,13,14). The zero-order valence-electron chi connectivity index (χ0n) is 9.64. The highest BCUT2D eigenvalue weighted by Crippen LogP contribution is 2.12. The van der Waals surface area contributed by atoms with Crippen LogP contribution in [0.3, 0.4) is 0 Å². The second-order valence-electron chi connectivity index (χ2n) is 3.74. The number of rotatable bonds is 3. The summed E-state index contributed by atoms with van der Waals surface area (Å²) >= 11 is 0. The minimum Gasteiger partial charge on any atom is -0.409 e. The summed E-state index contributed by atoms with van der Waals surface area (Å²) < 4.78 is 13.4. The third-order valence-electron chi connectivity index (χ3n) is 2.23. The van der Waals surface area contributed by atoms with Gasteiger partial charge in [-0.3, -0.25) is 4.79 Å². The van der Waals surface area contributed by atoms with E-state index in [0.29, 0.717) is 0 Å². The van der Waals surface area contributed by atoms with Gasteiger partial charge in [-0.1, -0.05) is 16.8 Å². The Kier molecular flexibility index (Phi) is 4.03. The fraction of sp³-hybridized carbons (Fsp3) is 0.273. The molecule has 0 aliphatic carbocycles. The molecule has 17 heavy (non-hydrogen) atoms. The summed E-state index contributed by atoms with van der Waals surface area (Å²) in [6, 6.07) is 4.27. The van der Waals surface area contributed by atoms with E-state index in [4.69, 9.17) is 10.9 Å². The second-order valence-corrected chi connectivity index (χ2v) is 3.74. The average Bonchev–Trinajstić information content (AvgIpc) is 2.31. The third-order valence-corrected chi connectivity index (χ3v) is 2.23. The molecule has 92 valence electrons. The molecule has 0 unspecified atom stereocenters. The Labute approximate surface area is 98.3 Å². The van der Waals surface area contributed by atoms with E-state index in [0.717, 1.165) is 5.56 Å². The van der Waals surface area contributed by atoms with Gasteiger partial charge in [0.25, 0.3) is 5.91 Å². The van der Waals surface area contributed by atoms with Crippen LogP contribution in [0.25, 0.3) is 0 Å². The number of nitrogens with two attached hydrogens (primary N) is 1. The average molecular weight is 239 g/mol. The van der Waals surface area contributed by atoms with Crippen molar-refractivity contribution in [2.75, 3.05) is 13.6 Å². The summed E-state index contributed by atoms with van der Waals surface area (Å²) in [5.41, 5.74) is 6.02. The van der Waals surface area contributed by atoms with Gasteiger partial charge < -0.3 is 15.8 Å². The summed E-state index contributed by atoms with van der Waals surface area (Å²) in [6.45, 7) is 1.70. The van der Waals surface area contributed by atoms with E-state index < -0.39 is 11.7 Å². The van der Waals surface area contributed by atoms with Gasteiger partial charge in [0.15, 0.2) is 5.84 Å². The number of carbonyl (C=O) groups is 1. The maximum absolute atomic E-state index is 13.4. The largest absolute Gasteiger partial charge is 0.409 e. The Morgan fingerprint density at radius 3 is 2.82 bits per heavy atom. The van der Waals surface area contributed by atoms with Crippen molar-refractivity contribution >= 4 is 11.7 Å². The minimum atomic E-state index is -0.591. The molecule has 0 fully saturated rings. The Balaban J connectivity index is 2.92. The Morgan fingerprint density at radius 1 is 1.59 bits per heavy atom. The molecule has 5 nitrogen and oxygen atoms in total. The van der Waals surface area contributed by atoms with Gasteiger partial charge in [0.1, 0.15) is 5.82 Å². The predicted molar refractivity (Wildman–Crippen MR) is 61.5 cm³/mol. The van der Waals surface area contributed by atoms with E-state index in [1.807, 2.05) is 0 Å². The molecule has 0 bridgehead atoms. The van der Waals surface area contributed by atoms with Gasteiger partial charge in [-0.15, -0.1) is 0 Å². The lowest BCUT2D eigenvalue weighted by molar-refractivity contribution is 0.0809. The zero-order valence-corrected chi connectivity index (χ0v) is 9.64. The van der Waals surface area contributed by atoms with Crippen molar-refractivity contribution in [2.24, 2.45) is 10.9 Å². The predicted octanol–water partition coefficient (Wildman–Crippen LogP) is 0.953. The van der Waals surface area contributed by atoms with Gasteiger partial charge >= 0.3 is 0 Å². The third kappa shape index (κ3) is 3.17. The first-order valence-electron chi connectivity index (χ1n) is 4.93. The van der Waals surface area contributed by atoms with Crippen molar-refractivity contribution in [1.29, 1.82) is 0 Å². The van der Waals surface area contributed by atoms with E-state index >= 15 is 0 Å². The van der Waals surface area contributed by atoms with Crippen molar-refractivity contribution in [2.45, 2.75) is 6.92 Å². The summed E-state index contributed by atoms with van der Waals surface area (Å²) in [6.07, 6.45) is 0. The SMILES string of the molecule is Cc1ccc(F)c(C(=O)N(C)CC(N)=NO)c1. The highest BCUT2D eigenvalue weighted by molar-refractivity contribution is 5.97. The first-order valence-corrected chi connectivity index (χ1v) is 4.93. The Hall–Kier alpha value is -2.11. The van der Waals surface area contributed by atoms with Crippen LogP contribution >= 0.6 is 0 Å². The summed E-state index contributed by atoms with van der Waals surface area (Å²) in [5, 5.41) is 11.1. The van der Waals surface area contributed by atoms with Gasteiger partial charge in [0, 0.05) is 7.05 Å². The number of nitrogens with zero attached hydrogens (tertiary/aromatic N) is 2. The maximum atomic E-state index is 13.4. The second kappa shape index (κ2) is 5.29. The number of hydrogen-bond donors (Lipinski definition) is 2. The molecule has 0 saturated carbocycles. The number of halogens is 1. The van der Waals surface area contributed by atoms with Crippen LogP contribution in [0.4, 0.5) is 4.39 Å². The van der Waals surface area contributed by atoms with Crippen molar-refractivity contribution in [1.82, 2.24) is 4.90 Å². The molecule has 0 aliphatic rings. The number of amides is 1. The number of likely N-dealkylation sites (N-methyl/N-ethyl adjacent to an activating group) is 1. The Morgan fingerprint density at radius 2 is 2.24 bits per heavy atom.